The Bertz CT molecular complexity index is 559. The summed E-state index contributed by atoms with van der Waals surface area (Å²) in [6.45, 7) is 0.966. The molecule has 2 heterocycles. The zero-order valence-corrected chi connectivity index (χ0v) is 11.2. The van der Waals surface area contributed by atoms with Crippen LogP contribution in [0, 0.1) is 0 Å². The molecule has 0 unspecified atom stereocenters. The van der Waals surface area contributed by atoms with Gasteiger partial charge < -0.3 is 5.32 Å². The van der Waals surface area contributed by atoms with Gasteiger partial charge in [0.05, 0.1) is 5.39 Å². The molecule has 0 spiro atoms. The van der Waals surface area contributed by atoms with Crippen LogP contribution in [0.15, 0.2) is 29.4 Å². The van der Waals surface area contributed by atoms with Gasteiger partial charge in [0.25, 0.3) is 0 Å². The second-order valence-electron chi connectivity index (χ2n) is 4.65. The number of allylic oxidation sites excluding steroid dienone is 1. The first-order valence-electron chi connectivity index (χ1n) is 6.53. The summed E-state index contributed by atoms with van der Waals surface area (Å²) in [5.74, 6) is 0.970. The van der Waals surface area contributed by atoms with Crippen LogP contribution in [-0.2, 0) is 0 Å². The molecule has 1 aliphatic rings. The Labute approximate surface area is 111 Å². The summed E-state index contributed by atoms with van der Waals surface area (Å²) in [7, 11) is 0. The normalized spacial score (nSPS) is 15.7. The van der Waals surface area contributed by atoms with Crippen molar-refractivity contribution < 1.29 is 0 Å². The van der Waals surface area contributed by atoms with E-state index in [1.807, 2.05) is 0 Å². The lowest BCUT2D eigenvalue weighted by molar-refractivity contribution is 0.679. The highest BCUT2D eigenvalue weighted by Gasteiger charge is 2.06. The summed E-state index contributed by atoms with van der Waals surface area (Å²) >= 11 is 1.66. The van der Waals surface area contributed by atoms with E-state index in [1.165, 1.54) is 25.7 Å². The predicted molar refractivity (Wildman–Crippen MR) is 77.1 cm³/mol. The summed E-state index contributed by atoms with van der Waals surface area (Å²) in [5, 5.41) is 6.64. The lowest BCUT2D eigenvalue weighted by Gasteiger charge is -2.13. The smallest absolute Gasteiger partial charge is 0.138 e. The van der Waals surface area contributed by atoms with Gasteiger partial charge in [-0.15, -0.1) is 11.3 Å². The Kier molecular flexibility index (Phi) is 3.55. The van der Waals surface area contributed by atoms with Gasteiger partial charge in [0, 0.05) is 6.54 Å². The molecule has 0 aromatic carbocycles. The predicted octanol–water partition coefficient (Wildman–Crippen LogP) is 3.99. The van der Waals surface area contributed by atoms with Crippen molar-refractivity contribution in [2.75, 3.05) is 11.9 Å². The molecule has 18 heavy (non-hydrogen) atoms. The maximum absolute atomic E-state index is 4.33. The van der Waals surface area contributed by atoms with Gasteiger partial charge in [0.15, 0.2) is 0 Å². The van der Waals surface area contributed by atoms with Gasteiger partial charge in [-0.2, -0.15) is 0 Å². The van der Waals surface area contributed by atoms with Gasteiger partial charge >= 0.3 is 0 Å². The molecule has 0 radical (unpaired) electrons. The molecule has 1 aliphatic carbocycles. The molecule has 0 saturated heterocycles. The van der Waals surface area contributed by atoms with Crippen molar-refractivity contribution in [3.05, 3.63) is 29.4 Å². The van der Waals surface area contributed by atoms with E-state index >= 15 is 0 Å². The van der Waals surface area contributed by atoms with Crippen molar-refractivity contribution in [1.29, 1.82) is 0 Å². The topological polar surface area (TPSA) is 37.8 Å². The van der Waals surface area contributed by atoms with Gasteiger partial charge in [0.1, 0.15) is 17.0 Å². The van der Waals surface area contributed by atoms with Crippen LogP contribution in [0.1, 0.15) is 32.1 Å². The molecule has 3 nitrogen and oxygen atoms in total. The average molecular weight is 259 g/mol. The summed E-state index contributed by atoms with van der Waals surface area (Å²) in [6, 6.07) is 2.09. The first kappa shape index (κ1) is 11.7. The number of nitrogens with one attached hydrogen (secondary N) is 1. The highest BCUT2D eigenvalue weighted by molar-refractivity contribution is 7.16. The first-order valence-corrected chi connectivity index (χ1v) is 7.41. The molecular formula is C14H17N3S. The lowest BCUT2D eigenvalue weighted by Crippen LogP contribution is -2.06. The fourth-order valence-corrected chi connectivity index (χ4v) is 3.14. The number of hydrogen-bond donors (Lipinski definition) is 1. The minimum Gasteiger partial charge on any atom is -0.369 e. The Morgan fingerprint density at radius 2 is 2.28 bits per heavy atom. The fourth-order valence-electron chi connectivity index (χ4n) is 2.40. The Morgan fingerprint density at radius 1 is 1.28 bits per heavy atom. The molecule has 0 saturated carbocycles. The Hall–Kier alpha value is -1.42. The number of hydrogen-bond acceptors (Lipinski definition) is 4. The summed E-state index contributed by atoms with van der Waals surface area (Å²) in [4.78, 5) is 9.64. The maximum atomic E-state index is 4.33. The minimum absolute atomic E-state index is 0.966. The molecule has 0 atom stereocenters. The number of aromatic nitrogens is 2. The second kappa shape index (κ2) is 5.48. The van der Waals surface area contributed by atoms with Crippen molar-refractivity contribution in [3.8, 4) is 0 Å². The number of anilines is 1. The summed E-state index contributed by atoms with van der Waals surface area (Å²) in [6.07, 6.45) is 10.4. The van der Waals surface area contributed by atoms with E-state index in [0.717, 1.165) is 29.0 Å². The Morgan fingerprint density at radius 3 is 3.17 bits per heavy atom. The monoisotopic (exact) mass is 259 g/mol. The summed E-state index contributed by atoms with van der Waals surface area (Å²) in [5.41, 5.74) is 1.60. The van der Waals surface area contributed by atoms with Crippen LogP contribution in [0.4, 0.5) is 5.82 Å². The van der Waals surface area contributed by atoms with Gasteiger partial charge in [-0.3, -0.25) is 0 Å². The molecule has 3 rings (SSSR count). The van der Waals surface area contributed by atoms with Crippen molar-refractivity contribution in [3.63, 3.8) is 0 Å². The average Bonchev–Trinajstić information content (AvgIpc) is 2.89. The van der Waals surface area contributed by atoms with Gasteiger partial charge in [0.2, 0.25) is 0 Å². The van der Waals surface area contributed by atoms with Crippen LogP contribution >= 0.6 is 11.3 Å². The zero-order valence-electron chi connectivity index (χ0n) is 10.4. The number of thiophene rings is 1. The van der Waals surface area contributed by atoms with Crippen LogP contribution < -0.4 is 5.32 Å². The van der Waals surface area contributed by atoms with Crippen LogP contribution in [0.25, 0.3) is 10.2 Å². The third-order valence-electron chi connectivity index (χ3n) is 3.39. The first-order chi connectivity index (χ1) is 8.93. The van der Waals surface area contributed by atoms with Crippen LogP contribution in [0.5, 0.6) is 0 Å². The second-order valence-corrected chi connectivity index (χ2v) is 5.54. The Balaban J connectivity index is 1.62. The standard InChI is InChI=1S/C14H17N3S/c1-2-4-11(5-3-1)6-8-15-13-12-7-9-18-14(12)17-10-16-13/h4,7,9-10H,1-3,5-6,8H2,(H,15,16,17). The van der Waals surface area contributed by atoms with Gasteiger partial charge in [-0.25, -0.2) is 9.97 Å². The van der Waals surface area contributed by atoms with E-state index < -0.39 is 0 Å². The SMILES string of the molecule is C1=C(CCNc2ncnc3sccc23)CCCC1. The van der Waals surface area contributed by atoms with Crippen molar-refractivity contribution in [2.45, 2.75) is 32.1 Å². The quantitative estimate of drug-likeness (QED) is 0.843. The van der Waals surface area contributed by atoms with E-state index in [9.17, 15) is 0 Å². The molecule has 0 amide bonds. The fraction of sp³-hybridized carbons (Fsp3) is 0.429. The van der Waals surface area contributed by atoms with E-state index in [2.05, 4.69) is 32.8 Å². The number of fused-ring (bicyclic) bond motifs is 1. The molecular weight excluding hydrogens is 242 g/mol. The molecule has 2 aromatic rings. The highest BCUT2D eigenvalue weighted by Crippen LogP contribution is 2.24. The third-order valence-corrected chi connectivity index (χ3v) is 4.21. The van der Waals surface area contributed by atoms with Crippen molar-refractivity contribution in [2.24, 2.45) is 0 Å². The lowest BCUT2D eigenvalue weighted by atomic mass is 9.97. The van der Waals surface area contributed by atoms with Crippen LogP contribution in [0.3, 0.4) is 0 Å². The highest BCUT2D eigenvalue weighted by atomic mass is 32.1. The number of rotatable bonds is 4. The van der Waals surface area contributed by atoms with E-state index in [4.69, 9.17) is 0 Å². The van der Waals surface area contributed by atoms with Crippen molar-refractivity contribution in [1.82, 2.24) is 9.97 Å². The minimum atomic E-state index is 0.966. The van der Waals surface area contributed by atoms with E-state index in [0.29, 0.717) is 0 Å². The molecule has 2 aromatic heterocycles. The summed E-state index contributed by atoms with van der Waals surface area (Å²) < 4.78 is 0. The molecule has 0 fully saturated rings. The number of nitrogens with zero attached hydrogens (tertiary/aromatic N) is 2. The van der Waals surface area contributed by atoms with E-state index in [1.54, 1.807) is 23.2 Å². The molecule has 0 aliphatic heterocycles. The molecule has 4 heteroatoms. The van der Waals surface area contributed by atoms with E-state index in [-0.39, 0.29) is 0 Å². The molecule has 94 valence electrons. The third kappa shape index (κ3) is 2.53. The van der Waals surface area contributed by atoms with Crippen molar-refractivity contribution >= 4 is 27.4 Å². The molecule has 0 bridgehead atoms. The zero-order chi connectivity index (χ0) is 12.2. The largest absolute Gasteiger partial charge is 0.369 e. The van der Waals surface area contributed by atoms with Gasteiger partial charge in [-0.05, 0) is 43.6 Å². The van der Waals surface area contributed by atoms with Crippen LogP contribution in [0.2, 0.25) is 0 Å². The molecule has 1 N–H and O–H groups in total. The maximum Gasteiger partial charge on any atom is 0.138 e. The van der Waals surface area contributed by atoms with Crippen LogP contribution in [-0.4, -0.2) is 16.5 Å². The van der Waals surface area contributed by atoms with Gasteiger partial charge in [-0.1, -0.05) is 11.6 Å².